The molecule has 0 aromatic heterocycles. The molecule has 0 radical (unpaired) electrons. The van der Waals surface area contributed by atoms with E-state index in [9.17, 15) is 19.5 Å². The number of methoxy groups -OCH3 is 1. The number of nitrogens with one attached hydrogen (secondary N) is 1. The summed E-state index contributed by atoms with van der Waals surface area (Å²) >= 11 is 0. The minimum Gasteiger partial charge on any atom is -0.468 e. The lowest BCUT2D eigenvalue weighted by atomic mass is 9.89. The zero-order valence-electron chi connectivity index (χ0n) is 14.7. The molecule has 0 unspecified atom stereocenters. The summed E-state index contributed by atoms with van der Waals surface area (Å²) in [5.41, 5.74) is 0.731. The zero-order valence-corrected chi connectivity index (χ0v) is 14.7. The normalized spacial score (nSPS) is 16.1. The number of carbonyl (C=O) groups is 3. The number of aliphatic hydroxyl groups excluding tert-OH is 1. The molecular formula is C18H24N2O5. The average molecular weight is 348 g/mol. The third-order valence-corrected chi connectivity index (χ3v) is 4.48. The van der Waals surface area contributed by atoms with Gasteiger partial charge in [0.2, 0.25) is 0 Å². The topological polar surface area (TPSA) is 95.9 Å². The van der Waals surface area contributed by atoms with Crippen LogP contribution in [0.3, 0.4) is 0 Å². The molecule has 0 aliphatic carbocycles. The van der Waals surface area contributed by atoms with Crippen molar-refractivity contribution >= 4 is 17.8 Å². The second-order valence-electron chi connectivity index (χ2n) is 6.45. The predicted molar refractivity (Wildman–Crippen MR) is 91.0 cm³/mol. The van der Waals surface area contributed by atoms with E-state index < -0.39 is 12.1 Å². The van der Waals surface area contributed by atoms with Gasteiger partial charge in [0, 0.05) is 12.5 Å². The van der Waals surface area contributed by atoms with Gasteiger partial charge in [-0.05, 0) is 18.1 Å². The molecular weight excluding hydrogens is 324 g/mol. The highest BCUT2D eigenvalue weighted by Crippen LogP contribution is 2.24. The molecule has 1 heterocycles. The van der Waals surface area contributed by atoms with Crippen molar-refractivity contribution in [1.82, 2.24) is 10.2 Å². The first-order valence-electron chi connectivity index (χ1n) is 8.27. The summed E-state index contributed by atoms with van der Waals surface area (Å²) in [7, 11) is 1.31. The third-order valence-electron chi connectivity index (χ3n) is 4.48. The van der Waals surface area contributed by atoms with E-state index >= 15 is 0 Å². The molecule has 7 heteroatoms. The Balaban J connectivity index is 2.01. The monoisotopic (exact) mass is 348 g/mol. The Morgan fingerprint density at radius 3 is 2.24 bits per heavy atom. The molecule has 0 fully saturated rings. The summed E-state index contributed by atoms with van der Waals surface area (Å²) in [6.07, 6.45) is -0.896. The van der Waals surface area contributed by atoms with E-state index in [1.165, 1.54) is 7.11 Å². The number of nitrogens with zero attached hydrogens (tertiary/aromatic N) is 1. The van der Waals surface area contributed by atoms with Gasteiger partial charge in [0.05, 0.1) is 37.4 Å². The number of hydrogen-bond donors (Lipinski definition) is 2. The number of ether oxygens (including phenoxy) is 1. The highest BCUT2D eigenvalue weighted by Gasteiger charge is 2.37. The van der Waals surface area contributed by atoms with E-state index in [0.717, 1.165) is 4.90 Å². The number of imide groups is 1. The van der Waals surface area contributed by atoms with Crippen molar-refractivity contribution in [3.8, 4) is 0 Å². The summed E-state index contributed by atoms with van der Waals surface area (Å²) in [4.78, 5) is 37.1. The van der Waals surface area contributed by atoms with Crippen LogP contribution in [0, 0.1) is 11.8 Å². The van der Waals surface area contributed by atoms with E-state index in [-0.39, 0.29) is 36.7 Å². The van der Waals surface area contributed by atoms with Crippen molar-refractivity contribution < 1.29 is 24.2 Å². The number of hydrogen-bond acceptors (Lipinski definition) is 6. The molecule has 0 spiro atoms. The van der Waals surface area contributed by atoms with Crippen molar-refractivity contribution in [3.05, 3.63) is 35.4 Å². The highest BCUT2D eigenvalue weighted by atomic mass is 16.5. The lowest BCUT2D eigenvalue weighted by Crippen LogP contribution is -2.45. The quantitative estimate of drug-likeness (QED) is 0.530. The fraction of sp³-hybridized carbons (Fsp3) is 0.500. The van der Waals surface area contributed by atoms with Gasteiger partial charge in [0.15, 0.2) is 0 Å². The number of aliphatic hydroxyl groups is 1. The van der Waals surface area contributed by atoms with Gasteiger partial charge in [-0.25, -0.2) is 0 Å². The second-order valence-corrected chi connectivity index (χ2v) is 6.45. The van der Waals surface area contributed by atoms with Crippen LogP contribution in [0.1, 0.15) is 34.6 Å². The first kappa shape index (κ1) is 19.1. The van der Waals surface area contributed by atoms with Crippen LogP contribution in [0.4, 0.5) is 0 Å². The SMILES string of the molecule is COC(=O)CNC[C@@H](C(C)C)[C@@H](O)CN1C(=O)c2ccccc2C1=O. The van der Waals surface area contributed by atoms with Crippen LogP contribution in [-0.4, -0.2) is 60.6 Å². The van der Waals surface area contributed by atoms with Crippen LogP contribution in [-0.2, 0) is 9.53 Å². The van der Waals surface area contributed by atoms with Gasteiger partial charge in [-0.15, -0.1) is 0 Å². The molecule has 1 aromatic rings. The van der Waals surface area contributed by atoms with E-state index in [4.69, 9.17) is 0 Å². The van der Waals surface area contributed by atoms with Gasteiger partial charge in [-0.2, -0.15) is 0 Å². The Labute approximate surface area is 147 Å². The number of benzene rings is 1. The largest absolute Gasteiger partial charge is 0.468 e. The summed E-state index contributed by atoms with van der Waals surface area (Å²) in [6, 6.07) is 6.63. The number of fused-ring (bicyclic) bond motifs is 1. The van der Waals surface area contributed by atoms with Crippen LogP contribution in [0.25, 0.3) is 0 Å². The van der Waals surface area contributed by atoms with Crippen LogP contribution in [0.15, 0.2) is 24.3 Å². The van der Waals surface area contributed by atoms with Crippen molar-refractivity contribution in [2.24, 2.45) is 11.8 Å². The molecule has 2 amide bonds. The molecule has 0 bridgehead atoms. The molecule has 1 aliphatic heterocycles. The van der Waals surface area contributed by atoms with Gasteiger partial charge < -0.3 is 15.2 Å². The van der Waals surface area contributed by atoms with Crippen LogP contribution >= 0.6 is 0 Å². The number of β-amino-alcohol motifs (C(OH)–C–C–N with tert-alkyl or cyclic N) is 1. The molecule has 0 saturated carbocycles. The van der Waals surface area contributed by atoms with Gasteiger partial charge in [0.25, 0.3) is 11.8 Å². The summed E-state index contributed by atoms with van der Waals surface area (Å²) < 4.78 is 4.56. The minimum atomic E-state index is -0.896. The molecule has 1 aromatic carbocycles. The Kier molecular flexibility index (Phi) is 6.27. The Bertz CT molecular complexity index is 624. The van der Waals surface area contributed by atoms with Crippen molar-refractivity contribution in [2.75, 3.05) is 26.7 Å². The number of rotatable bonds is 8. The molecule has 2 N–H and O–H groups in total. The predicted octanol–water partition coefficient (Wildman–Crippen LogP) is 0.678. The van der Waals surface area contributed by atoms with Crippen LogP contribution < -0.4 is 5.32 Å². The maximum Gasteiger partial charge on any atom is 0.319 e. The van der Waals surface area contributed by atoms with Crippen molar-refractivity contribution in [3.63, 3.8) is 0 Å². The van der Waals surface area contributed by atoms with Crippen molar-refractivity contribution in [1.29, 1.82) is 0 Å². The Morgan fingerprint density at radius 2 is 1.76 bits per heavy atom. The van der Waals surface area contributed by atoms with E-state index in [1.54, 1.807) is 24.3 Å². The lowest BCUT2D eigenvalue weighted by molar-refractivity contribution is -0.139. The zero-order chi connectivity index (χ0) is 18.6. The number of amides is 2. The first-order chi connectivity index (χ1) is 11.9. The summed E-state index contributed by atoms with van der Waals surface area (Å²) in [5.74, 6) is -1.30. The highest BCUT2D eigenvalue weighted by molar-refractivity contribution is 6.21. The van der Waals surface area contributed by atoms with E-state index in [2.05, 4.69) is 10.1 Å². The van der Waals surface area contributed by atoms with Gasteiger partial charge in [-0.1, -0.05) is 26.0 Å². The summed E-state index contributed by atoms with van der Waals surface area (Å²) in [5, 5.41) is 13.5. The third kappa shape index (κ3) is 4.24. The lowest BCUT2D eigenvalue weighted by Gasteiger charge is -2.29. The number of esters is 1. The molecule has 2 rings (SSSR count). The summed E-state index contributed by atoms with van der Waals surface area (Å²) in [6.45, 7) is 4.22. The molecule has 7 nitrogen and oxygen atoms in total. The van der Waals surface area contributed by atoms with Gasteiger partial charge in [0.1, 0.15) is 0 Å². The average Bonchev–Trinajstić information content (AvgIpc) is 2.83. The number of carbonyl (C=O) groups excluding carboxylic acids is 3. The van der Waals surface area contributed by atoms with Crippen LogP contribution in [0.2, 0.25) is 0 Å². The smallest absolute Gasteiger partial charge is 0.319 e. The maximum absolute atomic E-state index is 12.4. The Morgan fingerprint density at radius 1 is 1.20 bits per heavy atom. The molecule has 136 valence electrons. The van der Waals surface area contributed by atoms with E-state index in [1.807, 2.05) is 13.8 Å². The maximum atomic E-state index is 12.4. The van der Waals surface area contributed by atoms with Crippen LogP contribution in [0.5, 0.6) is 0 Å². The van der Waals surface area contributed by atoms with Crippen molar-refractivity contribution in [2.45, 2.75) is 20.0 Å². The standard InChI is InChI=1S/C18H24N2O5/c1-11(2)14(8-19-9-16(22)25-3)15(21)10-20-17(23)12-6-4-5-7-13(12)18(20)24/h4-7,11,14-15,19,21H,8-10H2,1-3H3/t14-,15-/m0/s1. The second kappa shape index (κ2) is 8.22. The van der Waals surface area contributed by atoms with Gasteiger partial charge >= 0.3 is 5.97 Å². The molecule has 0 saturated heterocycles. The van der Waals surface area contributed by atoms with Gasteiger partial charge in [-0.3, -0.25) is 19.3 Å². The van der Waals surface area contributed by atoms with E-state index in [0.29, 0.717) is 17.7 Å². The molecule has 1 aliphatic rings. The molecule has 25 heavy (non-hydrogen) atoms. The first-order valence-corrected chi connectivity index (χ1v) is 8.27. The minimum absolute atomic E-state index is 0.0411. The molecule has 2 atom stereocenters. The Hall–Kier alpha value is -2.25. The fourth-order valence-corrected chi connectivity index (χ4v) is 2.96. The fourth-order valence-electron chi connectivity index (χ4n) is 2.96.